The molecule has 1 saturated heterocycles. The van der Waals surface area contributed by atoms with Gasteiger partial charge in [0.2, 0.25) is 0 Å². The van der Waals surface area contributed by atoms with Crippen LogP contribution in [-0.4, -0.2) is 30.4 Å². The van der Waals surface area contributed by atoms with Gasteiger partial charge >= 0.3 is 0 Å². The highest BCUT2D eigenvalue weighted by atomic mass is 35.5. The highest BCUT2D eigenvalue weighted by Crippen LogP contribution is 2.37. The second-order valence-electron chi connectivity index (χ2n) is 4.30. The van der Waals surface area contributed by atoms with Crippen LogP contribution in [-0.2, 0) is 0 Å². The Labute approximate surface area is 85.8 Å². The minimum Gasteiger partial charge on any atom is -0.299 e. The van der Waals surface area contributed by atoms with Crippen molar-refractivity contribution in [3.63, 3.8) is 0 Å². The van der Waals surface area contributed by atoms with Gasteiger partial charge in [-0.1, -0.05) is 18.6 Å². The van der Waals surface area contributed by atoms with E-state index >= 15 is 0 Å². The van der Waals surface area contributed by atoms with Crippen LogP contribution in [0.3, 0.4) is 0 Å². The maximum absolute atomic E-state index is 5.58. The summed E-state index contributed by atoms with van der Waals surface area (Å²) in [5.74, 6) is 2.69. The minimum absolute atomic E-state index is 0.653. The lowest BCUT2D eigenvalue weighted by molar-refractivity contribution is 0.344. The zero-order valence-corrected chi connectivity index (χ0v) is 8.84. The zero-order valence-electron chi connectivity index (χ0n) is 8.08. The van der Waals surface area contributed by atoms with Gasteiger partial charge in [0.15, 0.2) is 0 Å². The molecule has 0 radical (unpaired) electrons. The Kier molecular flexibility index (Phi) is 3.28. The SMILES string of the molecule is ClC/C=C/CN1CC2CCCC2C1. The number of likely N-dealkylation sites (tertiary alicyclic amines) is 1. The number of halogens is 1. The number of alkyl halides is 1. The van der Waals surface area contributed by atoms with Crippen LogP contribution in [0.2, 0.25) is 0 Å². The number of hydrogen-bond donors (Lipinski definition) is 0. The van der Waals surface area contributed by atoms with Crippen LogP contribution in [0.15, 0.2) is 12.2 Å². The zero-order chi connectivity index (χ0) is 9.10. The number of rotatable bonds is 3. The van der Waals surface area contributed by atoms with Crippen molar-refractivity contribution in [2.75, 3.05) is 25.5 Å². The maximum atomic E-state index is 5.58. The molecule has 1 saturated carbocycles. The van der Waals surface area contributed by atoms with Crippen molar-refractivity contribution in [2.24, 2.45) is 11.8 Å². The quantitative estimate of drug-likeness (QED) is 0.499. The molecule has 0 aromatic rings. The molecule has 2 fully saturated rings. The summed E-state index contributed by atoms with van der Waals surface area (Å²) < 4.78 is 0. The van der Waals surface area contributed by atoms with Crippen LogP contribution in [0.25, 0.3) is 0 Å². The molecule has 1 heterocycles. The molecule has 0 aromatic heterocycles. The summed E-state index contributed by atoms with van der Waals surface area (Å²) in [6.45, 7) is 3.77. The van der Waals surface area contributed by atoms with Gasteiger partial charge in [-0.25, -0.2) is 0 Å². The smallest absolute Gasteiger partial charge is 0.0404 e. The lowest BCUT2D eigenvalue weighted by Gasteiger charge is -2.13. The molecule has 0 bridgehead atoms. The van der Waals surface area contributed by atoms with E-state index < -0.39 is 0 Å². The highest BCUT2D eigenvalue weighted by Gasteiger charge is 2.35. The van der Waals surface area contributed by atoms with Crippen LogP contribution in [0, 0.1) is 11.8 Å². The van der Waals surface area contributed by atoms with E-state index in [4.69, 9.17) is 11.6 Å². The average Bonchev–Trinajstić information content (AvgIpc) is 2.64. The first-order valence-corrected chi connectivity index (χ1v) is 5.87. The van der Waals surface area contributed by atoms with Crippen molar-refractivity contribution < 1.29 is 0 Å². The molecule has 74 valence electrons. The maximum Gasteiger partial charge on any atom is 0.0404 e. The Hall–Kier alpha value is -0.0100. The van der Waals surface area contributed by atoms with Gasteiger partial charge in [0, 0.05) is 25.5 Å². The largest absolute Gasteiger partial charge is 0.299 e. The predicted octanol–water partition coefficient (Wildman–Crippen LogP) is 2.51. The van der Waals surface area contributed by atoms with Gasteiger partial charge in [-0.15, -0.1) is 11.6 Å². The molecule has 2 unspecified atom stereocenters. The Morgan fingerprint density at radius 3 is 2.46 bits per heavy atom. The first-order valence-electron chi connectivity index (χ1n) is 5.33. The van der Waals surface area contributed by atoms with E-state index in [-0.39, 0.29) is 0 Å². The topological polar surface area (TPSA) is 3.24 Å². The molecule has 1 aliphatic carbocycles. The van der Waals surface area contributed by atoms with Crippen LogP contribution in [0.1, 0.15) is 19.3 Å². The molecule has 1 nitrogen and oxygen atoms in total. The highest BCUT2D eigenvalue weighted by molar-refractivity contribution is 6.18. The number of nitrogens with zero attached hydrogens (tertiary/aromatic N) is 1. The minimum atomic E-state index is 0.653. The third-order valence-electron chi connectivity index (χ3n) is 3.42. The molecule has 2 atom stereocenters. The fourth-order valence-electron chi connectivity index (χ4n) is 2.77. The molecule has 2 aliphatic rings. The summed E-state index contributed by atoms with van der Waals surface area (Å²) in [4.78, 5) is 2.57. The first kappa shape index (κ1) is 9.54. The summed E-state index contributed by atoms with van der Waals surface area (Å²) in [5, 5.41) is 0. The Morgan fingerprint density at radius 1 is 1.15 bits per heavy atom. The van der Waals surface area contributed by atoms with Crippen molar-refractivity contribution in [2.45, 2.75) is 19.3 Å². The number of allylic oxidation sites excluding steroid dienone is 1. The van der Waals surface area contributed by atoms with Crippen LogP contribution in [0.5, 0.6) is 0 Å². The van der Waals surface area contributed by atoms with Gasteiger partial charge in [0.05, 0.1) is 0 Å². The second kappa shape index (κ2) is 4.47. The molecule has 1 aliphatic heterocycles. The fourth-order valence-corrected chi connectivity index (χ4v) is 2.89. The van der Waals surface area contributed by atoms with E-state index in [1.165, 1.54) is 32.4 Å². The molecular formula is C11H18ClN. The summed E-state index contributed by atoms with van der Waals surface area (Å²) in [6.07, 6.45) is 8.67. The van der Waals surface area contributed by atoms with Gasteiger partial charge in [-0.2, -0.15) is 0 Å². The second-order valence-corrected chi connectivity index (χ2v) is 4.60. The van der Waals surface area contributed by atoms with E-state index in [0.29, 0.717) is 5.88 Å². The Bertz CT molecular complexity index is 179. The summed E-state index contributed by atoms with van der Waals surface area (Å²) >= 11 is 5.58. The molecule has 13 heavy (non-hydrogen) atoms. The van der Waals surface area contributed by atoms with Crippen molar-refractivity contribution in [1.82, 2.24) is 4.90 Å². The van der Waals surface area contributed by atoms with Crippen LogP contribution in [0.4, 0.5) is 0 Å². The molecule has 0 amide bonds. The summed E-state index contributed by atoms with van der Waals surface area (Å²) in [7, 11) is 0. The normalized spacial score (nSPS) is 34.5. The van der Waals surface area contributed by atoms with E-state index in [0.717, 1.165) is 18.4 Å². The van der Waals surface area contributed by atoms with E-state index in [1.807, 2.05) is 0 Å². The van der Waals surface area contributed by atoms with Gasteiger partial charge in [-0.3, -0.25) is 4.90 Å². The monoisotopic (exact) mass is 199 g/mol. The van der Waals surface area contributed by atoms with Crippen LogP contribution >= 0.6 is 11.6 Å². The molecule has 0 spiro atoms. The predicted molar refractivity (Wildman–Crippen MR) is 57.1 cm³/mol. The fraction of sp³-hybridized carbons (Fsp3) is 0.818. The molecular weight excluding hydrogens is 182 g/mol. The third kappa shape index (κ3) is 2.26. The standard InChI is InChI=1S/C11H18ClN/c12-6-1-2-7-13-8-10-4-3-5-11(10)9-13/h1-2,10-11H,3-9H2/b2-1+. The lowest BCUT2D eigenvalue weighted by Crippen LogP contribution is -2.21. The number of fused-ring (bicyclic) bond motifs is 1. The Balaban J connectivity index is 1.75. The van der Waals surface area contributed by atoms with Crippen molar-refractivity contribution in [3.8, 4) is 0 Å². The summed E-state index contributed by atoms with van der Waals surface area (Å²) in [6, 6.07) is 0. The van der Waals surface area contributed by atoms with Crippen molar-refractivity contribution >= 4 is 11.6 Å². The third-order valence-corrected chi connectivity index (χ3v) is 3.60. The average molecular weight is 200 g/mol. The summed E-state index contributed by atoms with van der Waals surface area (Å²) in [5.41, 5.74) is 0. The lowest BCUT2D eigenvalue weighted by atomic mass is 10.0. The molecule has 0 N–H and O–H groups in total. The number of hydrogen-bond acceptors (Lipinski definition) is 1. The van der Waals surface area contributed by atoms with Crippen LogP contribution < -0.4 is 0 Å². The molecule has 0 aromatic carbocycles. The van der Waals surface area contributed by atoms with E-state index in [2.05, 4.69) is 17.1 Å². The van der Waals surface area contributed by atoms with Gasteiger partial charge in [0.25, 0.3) is 0 Å². The Morgan fingerprint density at radius 2 is 1.85 bits per heavy atom. The molecule has 2 heteroatoms. The van der Waals surface area contributed by atoms with Crippen molar-refractivity contribution in [1.29, 1.82) is 0 Å². The van der Waals surface area contributed by atoms with E-state index in [1.54, 1.807) is 0 Å². The van der Waals surface area contributed by atoms with E-state index in [9.17, 15) is 0 Å². The van der Waals surface area contributed by atoms with Crippen molar-refractivity contribution in [3.05, 3.63) is 12.2 Å². The molecule has 2 rings (SSSR count). The van der Waals surface area contributed by atoms with Gasteiger partial charge < -0.3 is 0 Å². The van der Waals surface area contributed by atoms with Gasteiger partial charge in [0.1, 0.15) is 0 Å². The van der Waals surface area contributed by atoms with Gasteiger partial charge in [-0.05, 0) is 24.7 Å². The first-order chi connectivity index (χ1) is 6.40.